The number of nitrogens with two attached hydrogens (primary N) is 1. The fraction of sp³-hybridized carbons (Fsp3) is 0.750. The second-order valence-corrected chi connectivity index (χ2v) is 2.93. The molecule has 2 N–H and O–H groups in total. The van der Waals surface area contributed by atoms with Gasteiger partial charge in [-0.3, -0.25) is 0 Å². The van der Waals surface area contributed by atoms with Crippen molar-refractivity contribution in [2.75, 3.05) is 25.4 Å². The fourth-order valence-electron chi connectivity index (χ4n) is 1.21. The number of hydrogen-bond acceptors (Lipinski definition) is 4. The normalized spacial score (nSPS) is 11.0. The fourth-order valence-corrected chi connectivity index (χ4v) is 1.21. The van der Waals surface area contributed by atoms with E-state index in [0.717, 1.165) is 26.2 Å². The average molecular weight is 183 g/mol. The maximum absolute atomic E-state index is 5.44. The van der Waals surface area contributed by atoms with Crippen molar-refractivity contribution in [3.63, 3.8) is 0 Å². The summed E-state index contributed by atoms with van der Waals surface area (Å²) >= 11 is 0. The van der Waals surface area contributed by atoms with Gasteiger partial charge in [-0.15, -0.1) is 5.10 Å². The summed E-state index contributed by atoms with van der Waals surface area (Å²) in [6, 6.07) is 0. The molecule has 0 spiro atoms. The van der Waals surface area contributed by atoms with Crippen LogP contribution in [0.3, 0.4) is 0 Å². The van der Waals surface area contributed by atoms with Crippen LogP contribution in [0.1, 0.15) is 13.8 Å². The Hall–Kier alpha value is -1.10. The van der Waals surface area contributed by atoms with Gasteiger partial charge in [-0.1, -0.05) is 19.1 Å². The average Bonchev–Trinajstić information content (AvgIpc) is 2.53. The second-order valence-electron chi connectivity index (χ2n) is 2.93. The number of likely N-dealkylation sites (N-methyl/N-ethyl adjacent to an activating group) is 1. The minimum Gasteiger partial charge on any atom is -0.381 e. The lowest BCUT2D eigenvalue weighted by atomic mass is 10.5. The largest absolute Gasteiger partial charge is 0.381 e. The van der Waals surface area contributed by atoms with E-state index in [0.29, 0.717) is 5.82 Å². The molecule has 0 unspecified atom stereocenters. The van der Waals surface area contributed by atoms with Crippen molar-refractivity contribution in [1.82, 2.24) is 19.9 Å². The topological polar surface area (TPSA) is 60.0 Å². The van der Waals surface area contributed by atoms with E-state index in [1.54, 1.807) is 10.9 Å². The Morgan fingerprint density at radius 1 is 1.46 bits per heavy atom. The third-order valence-corrected chi connectivity index (χ3v) is 2.10. The zero-order valence-corrected chi connectivity index (χ0v) is 8.27. The maximum Gasteiger partial charge on any atom is 0.165 e. The summed E-state index contributed by atoms with van der Waals surface area (Å²) in [7, 11) is 0. The van der Waals surface area contributed by atoms with E-state index in [9.17, 15) is 0 Å². The smallest absolute Gasteiger partial charge is 0.165 e. The minimum absolute atomic E-state index is 0.486. The lowest BCUT2D eigenvalue weighted by molar-refractivity contribution is 0.284. The maximum atomic E-state index is 5.44. The van der Waals surface area contributed by atoms with Crippen molar-refractivity contribution >= 4 is 5.82 Å². The molecule has 1 aromatic heterocycles. The second kappa shape index (κ2) is 4.81. The molecule has 5 nitrogen and oxygen atoms in total. The van der Waals surface area contributed by atoms with Crippen LogP contribution in [-0.2, 0) is 6.54 Å². The molecule has 0 aliphatic rings. The molecule has 74 valence electrons. The molecule has 13 heavy (non-hydrogen) atoms. The molecule has 0 saturated heterocycles. The van der Waals surface area contributed by atoms with Crippen LogP contribution in [-0.4, -0.2) is 39.5 Å². The van der Waals surface area contributed by atoms with Crippen LogP contribution in [0.4, 0.5) is 5.82 Å². The molecular weight excluding hydrogens is 166 g/mol. The van der Waals surface area contributed by atoms with E-state index in [1.165, 1.54) is 0 Å². The highest BCUT2D eigenvalue weighted by molar-refractivity contribution is 5.19. The summed E-state index contributed by atoms with van der Waals surface area (Å²) in [6.07, 6.45) is 1.75. The first-order valence-electron chi connectivity index (χ1n) is 4.64. The Labute approximate surface area is 78.5 Å². The zero-order valence-electron chi connectivity index (χ0n) is 8.27. The monoisotopic (exact) mass is 183 g/mol. The molecular formula is C8H17N5. The van der Waals surface area contributed by atoms with Crippen molar-refractivity contribution < 1.29 is 0 Å². The van der Waals surface area contributed by atoms with E-state index in [2.05, 4.69) is 29.1 Å². The Bertz CT molecular complexity index is 240. The highest BCUT2D eigenvalue weighted by atomic mass is 15.4. The number of rotatable bonds is 5. The minimum atomic E-state index is 0.486. The zero-order chi connectivity index (χ0) is 9.68. The molecule has 1 rings (SSSR count). The van der Waals surface area contributed by atoms with E-state index >= 15 is 0 Å². The predicted octanol–water partition coefficient (Wildman–Crippen LogP) is 0.202. The lowest BCUT2D eigenvalue weighted by Gasteiger charge is -2.17. The van der Waals surface area contributed by atoms with Gasteiger partial charge in [0.2, 0.25) is 0 Å². The van der Waals surface area contributed by atoms with Crippen molar-refractivity contribution in [1.29, 1.82) is 0 Å². The number of anilines is 1. The van der Waals surface area contributed by atoms with Crippen LogP contribution < -0.4 is 5.73 Å². The van der Waals surface area contributed by atoms with Crippen LogP contribution in [0, 0.1) is 0 Å². The van der Waals surface area contributed by atoms with Crippen molar-refractivity contribution in [3.05, 3.63) is 6.20 Å². The standard InChI is InChI=1S/C8H17N5/c1-3-12(4-2)5-6-13-7-8(9)10-11-13/h7H,3-6,9H2,1-2H3. The molecule has 1 heterocycles. The Balaban J connectivity index is 2.33. The van der Waals surface area contributed by atoms with Gasteiger partial charge in [0.25, 0.3) is 0 Å². The molecule has 0 aliphatic heterocycles. The molecule has 0 aliphatic carbocycles. The van der Waals surface area contributed by atoms with Crippen LogP contribution >= 0.6 is 0 Å². The first-order valence-corrected chi connectivity index (χ1v) is 4.64. The highest BCUT2D eigenvalue weighted by Gasteiger charge is 2.00. The van der Waals surface area contributed by atoms with Crippen LogP contribution in [0.5, 0.6) is 0 Å². The third-order valence-electron chi connectivity index (χ3n) is 2.10. The van der Waals surface area contributed by atoms with E-state index in [1.807, 2.05) is 0 Å². The molecule has 1 aromatic rings. The van der Waals surface area contributed by atoms with Gasteiger partial charge in [0.1, 0.15) is 0 Å². The first-order chi connectivity index (χ1) is 6.26. The van der Waals surface area contributed by atoms with E-state index in [4.69, 9.17) is 5.73 Å². The summed E-state index contributed by atoms with van der Waals surface area (Å²) in [6.45, 7) is 8.29. The van der Waals surface area contributed by atoms with Gasteiger partial charge in [0.15, 0.2) is 5.82 Å². The molecule has 0 bridgehead atoms. The Morgan fingerprint density at radius 3 is 2.62 bits per heavy atom. The number of nitrogen functional groups attached to an aromatic ring is 1. The van der Waals surface area contributed by atoms with Gasteiger partial charge in [0.05, 0.1) is 12.7 Å². The molecule has 0 saturated carbocycles. The molecule has 0 radical (unpaired) electrons. The summed E-state index contributed by atoms with van der Waals surface area (Å²) in [5.74, 6) is 0.486. The van der Waals surface area contributed by atoms with Crippen LogP contribution in [0.15, 0.2) is 6.20 Å². The molecule has 0 aromatic carbocycles. The molecule has 0 atom stereocenters. The summed E-state index contributed by atoms with van der Waals surface area (Å²) in [5, 5.41) is 7.59. The van der Waals surface area contributed by atoms with E-state index < -0.39 is 0 Å². The Kier molecular flexibility index (Phi) is 3.70. The molecule has 5 heteroatoms. The SMILES string of the molecule is CCN(CC)CCn1cc(N)nn1. The molecule has 0 fully saturated rings. The molecule has 0 amide bonds. The third kappa shape index (κ3) is 3.02. The number of aromatic nitrogens is 3. The van der Waals surface area contributed by atoms with Gasteiger partial charge < -0.3 is 10.6 Å². The lowest BCUT2D eigenvalue weighted by Crippen LogP contribution is -2.27. The summed E-state index contributed by atoms with van der Waals surface area (Å²) < 4.78 is 1.77. The van der Waals surface area contributed by atoms with Crippen molar-refractivity contribution in [3.8, 4) is 0 Å². The summed E-state index contributed by atoms with van der Waals surface area (Å²) in [5.41, 5.74) is 5.44. The number of hydrogen-bond donors (Lipinski definition) is 1. The van der Waals surface area contributed by atoms with Gasteiger partial charge in [0, 0.05) is 6.54 Å². The highest BCUT2D eigenvalue weighted by Crippen LogP contribution is 1.94. The van der Waals surface area contributed by atoms with E-state index in [-0.39, 0.29) is 0 Å². The quantitative estimate of drug-likeness (QED) is 0.708. The van der Waals surface area contributed by atoms with Crippen molar-refractivity contribution in [2.24, 2.45) is 0 Å². The first kappa shape index (κ1) is 9.98. The van der Waals surface area contributed by atoms with Gasteiger partial charge in [-0.2, -0.15) is 0 Å². The van der Waals surface area contributed by atoms with Crippen LogP contribution in [0.25, 0.3) is 0 Å². The number of nitrogens with zero attached hydrogens (tertiary/aromatic N) is 4. The van der Waals surface area contributed by atoms with Crippen LogP contribution in [0.2, 0.25) is 0 Å². The van der Waals surface area contributed by atoms with Gasteiger partial charge in [-0.05, 0) is 13.1 Å². The predicted molar refractivity (Wildman–Crippen MR) is 52.2 cm³/mol. The summed E-state index contributed by atoms with van der Waals surface area (Å²) in [4.78, 5) is 2.33. The van der Waals surface area contributed by atoms with Gasteiger partial charge in [-0.25, -0.2) is 4.68 Å². The van der Waals surface area contributed by atoms with Crippen molar-refractivity contribution in [2.45, 2.75) is 20.4 Å². The van der Waals surface area contributed by atoms with Gasteiger partial charge >= 0.3 is 0 Å². The Morgan fingerprint density at radius 2 is 2.15 bits per heavy atom.